The monoisotopic (exact) mass is 510 g/mol. The van der Waals surface area contributed by atoms with Crippen LogP contribution in [0.15, 0.2) is 0 Å². The number of carbonyl (C=O) groups is 2. The first-order chi connectivity index (χ1) is 17.6. The van der Waals surface area contributed by atoms with Gasteiger partial charge in [0.15, 0.2) is 0 Å². The van der Waals surface area contributed by atoms with Crippen LogP contribution >= 0.6 is 0 Å². The molecule has 214 valence electrons. The molecule has 0 bridgehead atoms. The van der Waals surface area contributed by atoms with Crippen LogP contribution in [0.25, 0.3) is 0 Å². The summed E-state index contributed by atoms with van der Waals surface area (Å²) in [6.45, 7) is 9.44. The van der Waals surface area contributed by atoms with Crippen molar-refractivity contribution < 1.29 is 19.1 Å². The summed E-state index contributed by atoms with van der Waals surface area (Å²) in [5.74, 6) is 0.684. The highest BCUT2D eigenvalue weighted by atomic mass is 16.5. The van der Waals surface area contributed by atoms with Gasteiger partial charge in [0.25, 0.3) is 0 Å². The first-order valence-electron chi connectivity index (χ1n) is 15.9. The molecule has 4 heteroatoms. The summed E-state index contributed by atoms with van der Waals surface area (Å²) >= 11 is 0. The Kier molecular flexibility index (Phi) is 26.2. The van der Waals surface area contributed by atoms with E-state index in [1.54, 1.807) is 0 Å². The summed E-state index contributed by atoms with van der Waals surface area (Å²) in [4.78, 5) is 24.0. The molecule has 1 unspecified atom stereocenters. The topological polar surface area (TPSA) is 52.6 Å². The second-order valence-corrected chi connectivity index (χ2v) is 10.8. The van der Waals surface area contributed by atoms with Crippen LogP contribution in [0.4, 0.5) is 0 Å². The fourth-order valence-electron chi connectivity index (χ4n) is 4.80. The summed E-state index contributed by atoms with van der Waals surface area (Å²) in [6, 6.07) is 0. The van der Waals surface area contributed by atoms with Crippen molar-refractivity contribution in [1.82, 2.24) is 0 Å². The van der Waals surface area contributed by atoms with Gasteiger partial charge in [-0.05, 0) is 44.4 Å². The van der Waals surface area contributed by atoms with E-state index in [-0.39, 0.29) is 18.0 Å². The maximum absolute atomic E-state index is 12.2. The zero-order valence-electron chi connectivity index (χ0n) is 24.8. The molecule has 0 aliphatic heterocycles. The molecule has 0 amide bonds. The van der Waals surface area contributed by atoms with Crippen molar-refractivity contribution >= 4 is 11.9 Å². The molecule has 0 aliphatic rings. The van der Waals surface area contributed by atoms with Gasteiger partial charge >= 0.3 is 11.9 Å². The third-order valence-corrected chi connectivity index (χ3v) is 7.58. The minimum Gasteiger partial charge on any atom is -0.466 e. The van der Waals surface area contributed by atoms with Crippen molar-refractivity contribution in [3.63, 3.8) is 0 Å². The van der Waals surface area contributed by atoms with E-state index in [2.05, 4.69) is 27.7 Å². The van der Waals surface area contributed by atoms with Gasteiger partial charge in [-0.2, -0.15) is 0 Å². The van der Waals surface area contributed by atoms with E-state index < -0.39 is 0 Å². The van der Waals surface area contributed by atoms with Crippen LogP contribution in [0.5, 0.6) is 0 Å². The number of carbonyl (C=O) groups excluding carboxylic acids is 2. The Morgan fingerprint density at radius 1 is 0.528 bits per heavy atom. The van der Waals surface area contributed by atoms with Crippen LogP contribution in [0.3, 0.4) is 0 Å². The van der Waals surface area contributed by atoms with Crippen molar-refractivity contribution in [2.24, 2.45) is 5.92 Å². The third-order valence-electron chi connectivity index (χ3n) is 7.58. The Labute approximate surface area is 225 Å². The summed E-state index contributed by atoms with van der Waals surface area (Å²) in [7, 11) is 0. The zero-order chi connectivity index (χ0) is 26.7. The van der Waals surface area contributed by atoms with Crippen LogP contribution in [-0.4, -0.2) is 24.6 Å². The van der Waals surface area contributed by atoms with Crippen LogP contribution in [0.2, 0.25) is 0 Å². The zero-order valence-corrected chi connectivity index (χ0v) is 24.8. The van der Waals surface area contributed by atoms with Gasteiger partial charge in [-0.25, -0.2) is 0 Å². The van der Waals surface area contributed by atoms with Gasteiger partial charge in [-0.1, -0.05) is 124 Å². The molecule has 4 nitrogen and oxygen atoms in total. The van der Waals surface area contributed by atoms with Crippen LogP contribution in [0, 0.1) is 5.92 Å². The Morgan fingerprint density at radius 3 is 1.50 bits per heavy atom. The second-order valence-electron chi connectivity index (χ2n) is 10.8. The summed E-state index contributed by atoms with van der Waals surface area (Å²) < 4.78 is 11.1. The van der Waals surface area contributed by atoms with Crippen molar-refractivity contribution in [2.45, 2.75) is 181 Å². The maximum atomic E-state index is 12.2. The van der Waals surface area contributed by atoms with E-state index in [1.807, 2.05) is 0 Å². The van der Waals surface area contributed by atoms with Gasteiger partial charge in [0, 0.05) is 12.8 Å². The number of esters is 2. The SMILES string of the molecule is CCCCCCCCCCCCOC(=O)CCCCCCCCC(=O)OC(CC)CCC(CC)CC. The van der Waals surface area contributed by atoms with Crippen LogP contribution in [-0.2, 0) is 19.1 Å². The van der Waals surface area contributed by atoms with Gasteiger partial charge in [-0.15, -0.1) is 0 Å². The highest BCUT2D eigenvalue weighted by molar-refractivity contribution is 5.69. The molecule has 0 saturated heterocycles. The molecular weight excluding hydrogens is 448 g/mol. The van der Waals surface area contributed by atoms with E-state index in [1.165, 1.54) is 70.6 Å². The Hall–Kier alpha value is -1.06. The van der Waals surface area contributed by atoms with Gasteiger partial charge in [0.2, 0.25) is 0 Å². The minimum absolute atomic E-state index is 0.0310. The molecule has 0 aliphatic carbocycles. The number of rotatable bonds is 27. The highest BCUT2D eigenvalue weighted by Gasteiger charge is 2.14. The molecule has 1 atom stereocenters. The van der Waals surface area contributed by atoms with E-state index in [0.717, 1.165) is 70.1 Å². The maximum Gasteiger partial charge on any atom is 0.306 e. The lowest BCUT2D eigenvalue weighted by molar-refractivity contribution is -0.150. The largest absolute Gasteiger partial charge is 0.466 e. The summed E-state index contributed by atoms with van der Waals surface area (Å²) in [5.41, 5.74) is 0. The predicted molar refractivity (Wildman–Crippen MR) is 153 cm³/mol. The molecule has 0 rings (SSSR count). The molecule has 0 saturated carbocycles. The molecule has 0 heterocycles. The van der Waals surface area contributed by atoms with E-state index in [4.69, 9.17) is 9.47 Å². The van der Waals surface area contributed by atoms with E-state index >= 15 is 0 Å². The van der Waals surface area contributed by atoms with Gasteiger partial charge in [0.05, 0.1) is 6.61 Å². The fourth-order valence-corrected chi connectivity index (χ4v) is 4.80. The molecule has 0 aromatic carbocycles. The smallest absolute Gasteiger partial charge is 0.306 e. The molecule has 0 aromatic heterocycles. The standard InChI is InChI=1S/C32H62O4/c1-5-9-10-11-12-13-14-17-20-23-28-35-31(33)24-21-18-15-16-19-22-25-32(34)36-30(8-4)27-26-29(6-2)7-3/h29-30H,5-28H2,1-4H3. The molecule has 0 spiro atoms. The summed E-state index contributed by atoms with van der Waals surface area (Å²) in [6.07, 6.45) is 25.8. The third kappa shape index (κ3) is 23.3. The van der Waals surface area contributed by atoms with Crippen molar-refractivity contribution in [1.29, 1.82) is 0 Å². The molecular formula is C32H62O4. The number of hydrogen-bond acceptors (Lipinski definition) is 4. The fraction of sp³-hybridized carbons (Fsp3) is 0.938. The lowest BCUT2D eigenvalue weighted by Gasteiger charge is -2.19. The molecule has 0 N–H and O–H groups in total. The number of unbranched alkanes of at least 4 members (excludes halogenated alkanes) is 14. The average molecular weight is 511 g/mol. The first-order valence-corrected chi connectivity index (χ1v) is 15.9. The van der Waals surface area contributed by atoms with E-state index in [9.17, 15) is 9.59 Å². The van der Waals surface area contributed by atoms with E-state index in [0.29, 0.717) is 19.4 Å². The molecule has 0 aromatic rings. The summed E-state index contributed by atoms with van der Waals surface area (Å²) in [5, 5.41) is 0. The van der Waals surface area contributed by atoms with Crippen molar-refractivity contribution in [3.8, 4) is 0 Å². The van der Waals surface area contributed by atoms with Crippen molar-refractivity contribution in [3.05, 3.63) is 0 Å². The Bertz CT molecular complexity index is 487. The molecule has 0 fully saturated rings. The normalized spacial score (nSPS) is 12.1. The van der Waals surface area contributed by atoms with Crippen LogP contribution < -0.4 is 0 Å². The lowest BCUT2D eigenvalue weighted by Crippen LogP contribution is -2.18. The molecule has 36 heavy (non-hydrogen) atoms. The quantitative estimate of drug-likeness (QED) is 0.0814. The number of hydrogen-bond donors (Lipinski definition) is 0. The van der Waals surface area contributed by atoms with Crippen molar-refractivity contribution in [2.75, 3.05) is 6.61 Å². The molecule has 0 radical (unpaired) electrons. The predicted octanol–water partition coefficient (Wildman–Crippen LogP) is 10.1. The number of ether oxygens (including phenoxy) is 2. The van der Waals surface area contributed by atoms with Gasteiger partial charge in [-0.3, -0.25) is 9.59 Å². The van der Waals surface area contributed by atoms with Crippen LogP contribution in [0.1, 0.15) is 175 Å². The first kappa shape index (κ1) is 34.9. The minimum atomic E-state index is -0.0386. The average Bonchev–Trinajstić information content (AvgIpc) is 2.88. The Balaban J connectivity index is 3.48. The van der Waals surface area contributed by atoms with Gasteiger partial charge < -0.3 is 9.47 Å². The Morgan fingerprint density at radius 2 is 1.00 bits per heavy atom. The van der Waals surface area contributed by atoms with Gasteiger partial charge in [0.1, 0.15) is 6.10 Å². The second kappa shape index (κ2) is 27.0. The lowest BCUT2D eigenvalue weighted by atomic mass is 9.95. The highest BCUT2D eigenvalue weighted by Crippen LogP contribution is 2.19.